The largest absolute Gasteiger partial charge is 0.412 e. The van der Waals surface area contributed by atoms with Crippen LogP contribution in [0.4, 0.5) is 13.2 Å². The number of nitrogens with one attached hydrogen (secondary N) is 2. The smallest absolute Gasteiger partial charge is 0.377 e. The van der Waals surface area contributed by atoms with E-state index in [9.17, 15) is 27.6 Å². The monoisotopic (exact) mass is 594 g/mol. The van der Waals surface area contributed by atoms with Gasteiger partial charge in [0.15, 0.2) is 6.04 Å². The second kappa shape index (κ2) is 14.2. The average Bonchev–Trinajstić information content (AvgIpc) is 3.38. The Balaban J connectivity index is 1.64. The number of alkyl halides is 3. The lowest BCUT2D eigenvalue weighted by molar-refractivity contribution is -0.167. The third-order valence-corrected chi connectivity index (χ3v) is 9.16. The van der Waals surface area contributed by atoms with Crippen molar-refractivity contribution >= 4 is 17.7 Å². The molecule has 1 aromatic carbocycles. The number of hydrogen-bond donors (Lipinski definition) is 2. The summed E-state index contributed by atoms with van der Waals surface area (Å²) in [6.07, 6.45) is 0.940. The van der Waals surface area contributed by atoms with Gasteiger partial charge in [-0.2, -0.15) is 13.2 Å². The molecule has 3 amide bonds. The number of fused-ring (bicyclic) bond motifs is 1. The van der Waals surface area contributed by atoms with E-state index in [0.717, 1.165) is 32.1 Å². The SMILES string of the molecule is CCO[C@@H]1C[C@@H]2CN(C(=O)[C@@H](NC(=O)[C@H](C)CC)C3CCCCC3)[C@H](C(=O)N[C@@H](c3ccccc3)C(F)(F)F)CN2C1. The molecular weight excluding hydrogens is 549 g/mol. The van der Waals surface area contributed by atoms with Crippen molar-refractivity contribution in [3.05, 3.63) is 35.9 Å². The van der Waals surface area contributed by atoms with Gasteiger partial charge in [0.1, 0.15) is 12.1 Å². The topological polar surface area (TPSA) is 91.0 Å². The molecule has 42 heavy (non-hydrogen) atoms. The fourth-order valence-electron chi connectivity index (χ4n) is 6.60. The van der Waals surface area contributed by atoms with Crippen molar-refractivity contribution in [3.8, 4) is 0 Å². The van der Waals surface area contributed by atoms with Gasteiger partial charge in [0, 0.05) is 38.2 Å². The number of hydrogen-bond acceptors (Lipinski definition) is 5. The van der Waals surface area contributed by atoms with Gasteiger partial charge in [0.25, 0.3) is 0 Å². The maximum atomic E-state index is 14.4. The molecule has 234 valence electrons. The van der Waals surface area contributed by atoms with Gasteiger partial charge >= 0.3 is 6.18 Å². The van der Waals surface area contributed by atoms with E-state index in [1.807, 2.05) is 18.7 Å². The van der Waals surface area contributed by atoms with Crippen LogP contribution in [0.5, 0.6) is 0 Å². The lowest BCUT2D eigenvalue weighted by Gasteiger charge is -2.45. The standard InChI is InChI=1S/C31H45F3N4O4/c1-4-20(3)28(39)35-26(21-12-8-6-9-13-21)30(41)38-17-23-16-24(42-5-2)18-37(23)19-25(38)29(40)36-27(31(32,33)34)22-14-10-7-11-15-22/h7,10-11,14-15,20-21,23-27H,4-6,8-9,12-13,16-19H2,1-3H3,(H,35,39)(H,36,40)/t20-,23-,24-,25+,26+,27+/m1/s1. The molecule has 8 nitrogen and oxygen atoms in total. The molecule has 3 aliphatic rings. The molecule has 3 fully saturated rings. The van der Waals surface area contributed by atoms with Crippen LogP contribution in [-0.2, 0) is 19.1 Å². The summed E-state index contributed by atoms with van der Waals surface area (Å²) in [5.41, 5.74) is -0.0802. The van der Waals surface area contributed by atoms with Crippen LogP contribution in [0.3, 0.4) is 0 Å². The first-order valence-corrected chi connectivity index (χ1v) is 15.4. The highest BCUT2D eigenvalue weighted by molar-refractivity contribution is 5.93. The molecule has 2 heterocycles. The Bertz CT molecular complexity index is 1070. The summed E-state index contributed by atoms with van der Waals surface area (Å²) in [5.74, 6) is -1.85. The maximum absolute atomic E-state index is 14.4. The van der Waals surface area contributed by atoms with Crippen LogP contribution in [0, 0.1) is 11.8 Å². The lowest BCUT2D eigenvalue weighted by Crippen LogP contribution is -2.66. The molecule has 0 bridgehead atoms. The van der Waals surface area contributed by atoms with Gasteiger partial charge in [-0.05, 0) is 44.1 Å². The Morgan fingerprint density at radius 2 is 1.69 bits per heavy atom. The number of rotatable bonds is 10. The summed E-state index contributed by atoms with van der Waals surface area (Å²) in [5, 5.41) is 5.22. The Hall–Kier alpha value is -2.66. The van der Waals surface area contributed by atoms with Crippen molar-refractivity contribution in [3.63, 3.8) is 0 Å². The first kappa shape index (κ1) is 32.3. The minimum absolute atomic E-state index is 0.0785. The van der Waals surface area contributed by atoms with Gasteiger partial charge in [-0.1, -0.05) is 63.4 Å². The van der Waals surface area contributed by atoms with Crippen molar-refractivity contribution in [1.29, 1.82) is 0 Å². The second-order valence-corrected chi connectivity index (χ2v) is 12.0. The van der Waals surface area contributed by atoms with E-state index in [0.29, 0.717) is 26.0 Å². The maximum Gasteiger partial charge on any atom is 0.412 e. The van der Waals surface area contributed by atoms with Gasteiger partial charge in [0.05, 0.1) is 6.10 Å². The molecule has 4 rings (SSSR count). The summed E-state index contributed by atoms with van der Waals surface area (Å²) in [4.78, 5) is 44.7. The number of halogens is 3. The fraction of sp³-hybridized carbons (Fsp3) is 0.710. The molecule has 1 aromatic rings. The van der Waals surface area contributed by atoms with Gasteiger partial charge in [0.2, 0.25) is 17.7 Å². The van der Waals surface area contributed by atoms with E-state index in [4.69, 9.17) is 4.74 Å². The highest BCUT2D eigenvalue weighted by Crippen LogP contribution is 2.35. The van der Waals surface area contributed by atoms with Crippen LogP contribution < -0.4 is 10.6 Å². The number of carbonyl (C=O) groups is 3. The summed E-state index contributed by atoms with van der Waals surface area (Å²) >= 11 is 0. The highest BCUT2D eigenvalue weighted by Gasteiger charge is 2.49. The van der Waals surface area contributed by atoms with Gasteiger partial charge in [-0.3, -0.25) is 19.3 Å². The molecule has 1 saturated carbocycles. The van der Waals surface area contributed by atoms with E-state index in [2.05, 4.69) is 10.6 Å². The molecule has 0 radical (unpaired) electrons. The first-order chi connectivity index (χ1) is 20.0. The van der Waals surface area contributed by atoms with E-state index in [1.165, 1.54) is 29.2 Å². The zero-order chi connectivity index (χ0) is 30.4. The summed E-state index contributed by atoms with van der Waals surface area (Å²) in [6, 6.07) is 2.99. The van der Waals surface area contributed by atoms with Crippen molar-refractivity contribution in [1.82, 2.24) is 20.4 Å². The molecule has 0 aromatic heterocycles. The zero-order valence-corrected chi connectivity index (χ0v) is 24.9. The van der Waals surface area contributed by atoms with Gasteiger partial charge in [-0.25, -0.2) is 0 Å². The minimum Gasteiger partial charge on any atom is -0.377 e. The number of carbonyl (C=O) groups excluding carboxylic acids is 3. The zero-order valence-electron chi connectivity index (χ0n) is 24.9. The number of ether oxygens (including phenoxy) is 1. The van der Waals surface area contributed by atoms with Crippen LogP contribution in [-0.4, -0.2) is 84.2 Å². The molecule has 6 atom stereocenters. The molecule has 0 unspecified atom stereocenters. The number of nitrogens with zero attached hydrogens (tertiary/aromatic N) is 2. The number of amides is 3. The Morgan fingerprint density at radius 3 is 2.31 bits per heavy atom. The van der Waals surface area contributed by atoms with Crippen molar-refractivity contribution in [2.24, 2.45) is 11.8 Å². The summed E-state index contributed by atoms with van der Waals surface area (Å²) in [7, 11) is 0. The fourth-order valence-corrected chi connectivity index (χ4v) is 6.60. The third-order valence-electron chi connectivity index (χ3n) is 9.16. The van der Waals surface area contributed by atoms with Crippen LogP contribution in [0.1, 0.15) is 77.3 Å². The van der Waals surface area contributed by atoms with Crippen LogP contribution in [0.15, 0.2) is 30.3 Å². The van der Waals surface area contributed by atoms with Crippen LogP contribution in [0.25, 0.3) is 0 Å². The van der Waals surface area contributed by atoms with Crippen molar-refractivity contribution < 1.29 is 32.3 Å². The lowest BCUT2D eigenvalue weighted by atomic mass is 9.82. The predicted molar refractivity (Wildman–Crippen MR) is 152 cm³/mol. The quantitative estimate of drug-likeness (QED) is 0.424. The van der Waals surface area contributed by atoms with Gasteiger partial charge < -0.3 is 20.3 Å². The predicted octanol–water partition coefficient (Wildman–Crippen LogP) is 4.21. The van der Waals surface area contributed by atoms with Crippen molar-refractivity contribution in [2.45, 2.75) is 102 Å². The second-order valence-electron chi connectivity index (χ2n) is 12.0. The third kappa shape index (κ3) is 7.64. The summed E-state index contributed by atoms with van der Waals surface area (Å²) in [6.45, 7) is 6.96. The van der Waals surface area contributed by atoms with E-state index in [1.54, 1.807) is 13.0 Å². The van der Waals surface area contributed by atoms with E-state index < -0.39 is 30.2 Å². The Labute approximate surface area is 246 Å². The molecule has 2 N–H and O–H groups in total. The minimum atomic E-state index is -4.73. The van der Waals surface area contributed by atoms with Gasteiger partial charge in [-0.15, -0.1) is 0 Å². The van der Waals surface area contributed by atoms with Crippen molar-refractivity contribution in [2.75, 3.05) is 26.2 Å². The number of piperazine rings is 1. The normalized spacial score (nSPS) is 25.8. The van der Waals surface area contributed by atoms with Crippen LogP contribution >= 0.6 is 0 Å². The highest BCUT2D eigenvalue weighted by atomic mass is 19.4. The average molecular weight is 595 g/mol. The number of benzene rings is 1. The van der Waals surface area contributed by atoms with E-state index in [-0.39, 0.29) is 54.4 Å². The molecule has 11 heteroatoms. The molecule has 2 aliphatic heterocycles. The summed E-state index contributed by atoms with van der Waals surface area (Å²) < 4.78 is 48.4. The Kier molecular flexibility index (Phi) is 10.9. The molecule has 0 spiro atoms. The molecule has 1 aliphatic carbocycles. The first-order valence-electron chi connectivity index (χ1n) is 15.4. The Morgan fingerprint density at radius 1 is 1.00 bits per heavy atom. The molecular formula is C31H45F3N4O4. The van der Waals surface area contributed by atoms with Crippen LogP contribution in [0.2, 0.25) is 0 Å². The van der Waals surface area contributed by atoms with E-state index >= 15 is 0 Å². The molecule has 2 saturated heterocycles.